The molecule has 1 rings (SSSR count). The van der Waals surface area contributed by atoms with Crippen LogP contribution < -0.4 is 0 Å². The Hall–Kier alpha value is -0.516. The van der Waals surface area contributed by atoms with Crippen LogP contribution in [0.4, 0.5) is 0 Å². The molecule has 0 unspecified atom stereocenters. The number of hydrogen-bond acceptors (Lipinski definition) is 5. The van der Waals surface area contributed by atoms with Gasteiger partial charge in [-0.25, -0.2) is 4.79 Å². The molecule has 0 spiro atoms. The highest BCUT2D eigenvalue weighted by Gasteiger charge is 2.48. The molecule has 8 heteroatoms. The van der Waals surface area contributed by atoms with Crippen molar-refractivity contribution in [1.29, 1.82) is 0 Å². The first-order chi connectivity index (χ1) is 15.1. The molecule has 0 radical (unpaired) electrons. The molecule has 4 atom stereocenters. The Morgan fingerprint density at radius 3 is 1.85 bits per heavy atom. The van der Waals surface area contributed by atoms with Crippen LogP contribution in [0.25, 0.3) is 0 Å². The van der Waals surface area contributed by atoms with Gasteiger partial charge in [0.05, 0.1) is 23.9 Å². The van der Waals surface area contributed by atoms with Crippen LogP contribution in [0.1, 0.15) is 81.6 Å². The van der Waals surface area contributed by atoms with E-state index < -0.39 is 34.5 Å². The number of carboxylic acids is 1. The molecule has 34 heavy (non-hydrogen) atoms. The Morgan fingerprint density at radius 2 is 1.41 bits per heavy atom. The summed E-state index contributed by atoms with van der Waals surface area (Å²) < 4.78 is 26.7. The van der Waals surface area contributed by atoms with E-state index in [2.05, 4.69) is 74.7 Å². The van der Waals surface area contributed by atoms with Gasteiger partial charge >= 0.3 is 5.97 Å². The van der Waals surface area contributed by atoms with Crippen LogP contribution in [0.15, 0.2) is 12.2 Å². The zero-order valence-electron chi connectivity index (χ0n) is 24.1. The zero-order valence-corrected chi connectivity index (χ0v) is 26.1. The Bertz CT molecular complexity index is 703. The third kappa shape index (κ3) is 9.17. The average Bonchev–Trinajstić information content (AvgIpc) is 2.60. The third-order valence-corrected chi connectivity index (χ3v) is 16.8. The molecular formula is C26H52O6Si2. The van der Waals surface area contributed by atoms with Crippen molar-refractivity contribution in [2.75, 3.05) is 0 Å². The van der Waals surface area contributed by atoms with Crippen molar-refractivity contribution >= 4 is 22.6 Å². The quantitative estimate of drug-likeness (QED) is 0.246. The Morgan fingerprint density at radius 1 is 0.941 bits per heavy atom. The van der Waals surface area contributed by atoms with Gasteiger partial charge in [-0.3, -0.25) is 0 Å². The van der Waals surface area contributed by atoms with Crippen LogP contribution in [-0.2, 0) is 23.1 Å². The van der Waals surface area contributed by atoms with E-state index in [1.165, 1.54) is 6.08 Å². The summed E-state index contributed by atoms with van der Waals surface area (Å²) in [6.07, 6.45) is 4.01. The van der Waals surface area contributed by atoms with Gasteiger partial charge in [-0.15, -0.1) is 0 Å². The van der Waals surface area contributed by atoms with E-state index in [-0.39, 0.29) is 28.4 Å². The maximum absolute atomic E-state index is 10.8. The van der Waals surface area contributed by atoms with Gasteiger partial charge in [-0.05, 0) is 69.9 Å². The van der Waals surface area contributed by atoms with Crippen molar-refractivity contribution in [2.45, 2.75) is 148 Å². The average molecular weight is 517 g/mol. The predicted octanol–water partition coefficient (Wildman–Crippen LogP) is 7.12. The number of rotatable bonds is 10. The predicted molar refractivity (Wildman–Crippen MR) is 144 cm³/mol. The van der Waals surface area contributed by atoms with E-state index in [9.17, 15) is 4.79 Å². The minimum absolute atomic E-state index is 0.0443. The maximum Gasteiger partial charge on any atom is 0.327 e. The standard InChI is InChI=1S/C26H52O6Si2/c1-19-20(31-33(10,11)24(2,3)4)18-21(32-34(12,13)25(5,6)7)23(29-19)30-26(8,9)17-15-14-16-22(27)28/h14,16,19-21,23H,15,17-18H2,1-13H3,(H,27,28)/t19-,20+,21+,23-/m0/s1. The molecule has 1 aliphatic heterocycles. The highest BCUT2D eigenvalue weighted by molar-refractivity contribution is 6.74. The van der Waals surface area contributed by atoms with Crippen LogP contribution >= 0.6 is 0 Å². The van der Waals surface area contributed by atoms with E-state index in [1.807, 2.05) is 13.8 Å². The van der Waals surface area contributed by atoms with Crippen molar-refractivity contribution in [3.63, 3.8) is 0 Å². The summed E-state index contributed by atoms with van der Waals surface area (Å²) in [7, 11) is -4.06. The lowest BCUT2D eigenvalue weighted by atomic mass is 10.0. The van der Waals surface area contributed by atoms with Gasteiger partial charge in [0.2, 0.25) is 0 Å². The van der Waals surface area contributed by atoms with Gasteiger partial charge in [-0.1, -0.05) is 47.6 Å². The SMILES string of the molecule is C[C@@H]1O[C@@H](OC(C)(C)CCC=CC(=O)O)[C@H](O[Si](C)(C)C(C)(C)C)C[C@H]1O[Si](C)(C)C(C)(C)C. The van der Waals surface area contributed by atoms with Crippen molar-refractivity contribution in [2.24, 2.45) is 0 Å². The summed E-state index contributed by atoms with van der Waals surface area (Å²) in [6.45, 7) is 28.7. The normalized spacial score (nSPS) is 25.7. The lowest BCUT2D eigenvalue weighted by Crippen LogP contribution is -2.58. The molecule has 1 heterocycles. The topological polar surface area (TPSA) is 74.2 Å². The number of aliphatic carboxylic acids is 1. The number of carboxylic acid groups (broad SMARTS) is 1. The lowest BCUT2D eigenvalue weighted by molar-refractivity contribution is -0.286. The van der Waals surface area contributed by atoms with Crippen molar-refractivity contribution in [1.82, 2.24) is 0 Å². The third-order valence-electron chi connectivity index (χ3n) is 7.75. The summed E-state index contributed by atoms with van der Waals surface area (Å²) >= 11 is 0. The fraction of sp³-hybridized carbons (Fsp3) is 0.885. The second-order valence-corrected chi connectivity index (χ2v) is 22.9. The van der Waals surface area contributed by atoms with Crippen LogP contribution in [0, 0.1) is 0 Å². The summed E-state index contributed by atoms with van der Waals surface area (Å²) in [4.78, 5) is 10.8. The van der Waals surface area contributed by atoms with Crippen LogP contribution in [0.2, 0.25) is 36.3 Å². The molecule has 0 aliphatic carbocycles. The lowest BCUT2D eigenvalue weighted by Gasteiger charge is -2.49. The maximum atomic E-state index is 10.8. The molecule has 0 aromatic rings. The van der Waals surface area contributed by atoms with E-state index in [0.717, 1.165) is 6.42 Å². The van der Waals surface area contributed by atoms with Crippen LogP contribution in [-0.4, -0.2) is 57.9 Å². The van der Waals surface area contributed by atoms with E-state index >= 15 is 0 Å². The van der Waals surface area contributed by atoms with Gasteiger partial charge < -0.3 is 23.4 Å². The van der Waals surface area contributed by atoms with Gasteiger partial charge in [0.1, 0.15) is 0 Å². The molecule has 0 bridgehead atoms. The minimum Gasteiger partial charge on any atom is -0.478 e. The number of allylic oxidation sites excluding steroid dienone is 1. The smallest absolute Gasteiger partial charge is 0.327 e. The fourth-order valence-electron chi connectivity index (χ4n) is 3.37. The molecule has 0 aromatic carbocycles. The van der Waals surface area contributed by atoms with Gasteiger partial charge in [0, 0.05) is 12.5 Å². The first-order valence-electron chi connectivity index (χ1n) is 12.7. The fourth-order valence-corrected chi connectivity index (χ4v) is 6.08. The molecule has 200 valence electrons. The Labute approximate surface area is 211 Å². The van der Waals surface area contributed by atoms with E-state index in [0.29, 0.717) is 12.8 Å². The summed E-state index contributed by atoms with van der Waals surface area (Å²) in [5, 5.41) is 9.01. The first-order valence-corrected chi connectivity index (χ1v) is 18.5. The van der Waals surface area contributed by atoms with Gasteiger partial charge in [0.25, 0.3) is 0 Å². The Kier molecular flexibility index (Phi) is 10.4. The van der Waals surface area contributed by atoms with Gasteiger partial charge in [-0.2, -0.15) is 0 Å². The molecular weight excluding hydrogens is 464 g/mol. The summed E-state index contributed by atoms with van der Waals surface area (Å²) in [5.41, 5.74) is -0.491. The highest BCUT2D eigenvalue weighted by atomic mass is 28.4. The molecule has 0 amide bonds. The molecule has 1 N–H and O–H groups in total. The van der Waals surface area contributed by atoms with Crippen LogP contribution in [0.5, 0.6) is 0 Å². The number of hydrogen-bond donors (Lipinski definition) is 1. The molecule has 0 aromatic heterocycles. The van der Waals surface area contributed by atoms with E-state index in [1.54, 1.807) is 6.08 Å². The number of ether oxygens (including phenoxy) is 2. The molecule has 1 saturated heterocycles. The minimum atomic E-state index is -2.08. The first kappa shape index (κ1) is 31.5. The number of carbonyl (C=O) groups is 1. The summed E-state index contributed by atoms with van der Waals surface area (Å²) in [6, 6.07) is 0. The Balaban J connectivity index is 3.11. The largest absolute Gasteiger partial charge is 0.478 e. The van der Waals surface area contributed by atoms with E-state index in [4.69, 9.17) is 23.4 Å². The monoisotopic (exact) mass is 516 g/mol. The van der Waals surface area contributed by atoms with Crippen molar-refractivity contribution in [3.05, 3.63) is 12.2 Å². The molecule has 6 nitrogen and oxygen atoms in total. The summed E-state index contributed by atoms with van der Waals surface area (Å²) in [5.74, 6) is -0.932. The second-order valence-electron chi connectivity index (χ2n) is 13.4. The molecule has 1 aliphatic rings. The molecule has 0 saturated carbocycles. The van der Waals surface area contributed by atoms with Crippen LogP contribution in [0.3, 0.4) is 0 Å². The van der Waals surface area contributed by atoms with Gasteiger partial charge in [0.15, 0.2) is 22.9 Å². The zero-order chi connectivity index (χ0) is 26.8. The van der Waals surface area contributed by atoms with Crippen molar-refractivity contribution < 1.29 is 28.2 Å². The second kappa shape index (κ2) is 11.3. The van der Waals surface area contributed by atoms with Crippen molar-refractivity contribution in [3.8, 4) is 0 Å². The highest BCUT2D eigenvalue weighted by Crippen LogP contribution is 2.43. The molecule has 1 fully saturated rings.